The minimum absolute atomic E-state index is 0.0959. The molecule has 0 aliphatic heterocycles. The Morgan fingerprint density at radius 3 is 2.79 bits per heavy atom. The fraction of sp³-hybridized carbons (Fsp3) is 0.750. The molecule has 0 saturated carbocycles. The van der Waals surface area contributed by atoms with Crippen LogP contribution in [0.1, 0.15) is 20.3 Å². The molecule has 2 N–H and O–H groups in total. The zero-order valence-electron chi connectivity index (χ0n) is 8.37. The second-order valence-corrected chi connectivity index (χ2v) is 3.65. The topological polar surface area (TPSA) is 50.4 Å². The average Bonchev–Trinajstić information content (AvgIpc) is 2.10. The minimum Gasteiger partial charge on any atom is -0.469 e. The van der Waals surface area contributed by atoms with Crippen LogP contribution in [0.2, 0.25) is 0 Å². The van der Waals surface area contributed by atoms with E-state index in [2.05, 4.69) is 23.3 Å². The minimum atomic E-state index is -0.367. The SMILES string of the molecule is CCCNC(=S)OCC(C)NC(=O)S. The number of thiocarbonyl (C=S) groups is 1. The van der Waals surface area contributed by atoms with Gasteiger partial charge in [-0.05, 0) is 25.6 Å². The van der Waals surface area contributed by atoms with E-state index >= 15 is 0 Å². The summed E-state index contributed by atoms with van der Waals surface area (Å²) in [4.78, 5) is 10.5. The number of thiol groups is 1. The van der Waals surface area contributed by atoms with Gasteiger partial charge in [-0.25, -0.2) is 0 Å². The van der Waals surface area contributed by atoms with Crippen LogP contribution in [0.25, 0.3) is 0 Å². The number of ether oxygens (including phenoxy) is 1. The second-order valence-electron chi connectivity index (χ2n) is 2.88. The van der Waals surface area contributed by atoms with E-state index in [0.29, 0.717) is 11.8 Å². The maximum atomic E-state index is 10.5. The second kappa shape index (κ2) is 7.87. The number of carbonyl (C=O) groups is 1. The van der Waals surface area contributed by atoms with Gasteiger partial charge < -0.3 is 15.4 Å². The Balaban J connectivity index is 3.50. The van der Waals surface area contributed by atoms with Gasteiger partial charge in [0.1, 0.15) is 6.61 Å². The van der Waals surface area contributed by atoms with E-state index in [1.807, 2.05) is 13.8 Å². The van der Waals surface area contributed by atoms with Gasteiger partial charge in [0.15, 0.2) is 0 Å². The molecule has 1 unspecified atom stereocenters. The molecule has 0 saturated heterocycles. The predicted molar refractivity (Wildman–Crippen MR) is 63.8 cm³/mol. The Kier molecular flexibility index (Phi) is 7.60. The summed E-state index contributed by atoms with van der Waals surface area (Å²) in [7, 11) is 0. The van der Waals surface area contributed by atoms with E-state index in [-0.39, 0.29) is 11.3 Å². The van der Waals surface area contributed by atoms with Gasteiger partial charge in [-0.1, -0.05) is 19.6 Å². The third-order valence-electron chi connectivity index (χ3n) is 1.35. The van der Waals surface area contributed by atoms with Crippen LogP contribution in [-0.2, 0) is 4.74 Å². The molecule has 0 fully saturated rings. The van der Waals surface area contributed by atoms with E-state index in [4.69, 9.17) is 17.0 Å². The Bertz CT molecular complexity index is 200. The Morgan fingerprint density at radius 2 is 2.29 bits per heavy atom. The lowest BCUT2D eigenvalue weighted by molar-refractivity contribution is 0.239. The van der Waals surface area contributed by atoms with Crippen molar-refractivity contribution in [2.24, 2.45) is 0 Å². The van der Waals surface area contributed by atoms with Crippen LogP contribution in [0.3, 0.4) is 0 Å². The molecule has 4 nitrogen and oxygen atoms in total. The third kappa shape index (κ3) is 8.12. The fourth-order valence-corrected chi connectivity index (χ4v) is 1.12. The molecule has 0 aliphatic rings. The van der Waals surface area contributed by atoms with Gasteiger partial charge in [0.25, 0.3) is 10.4 Å². The largest absolute Gasteiger partial charge is 0.469 e. The van der Waals surface area contributed by atoms with Gasteiger partial charge in [-0.2, -0.15) is 0 Å². The highest BCUT2D eigenvalue weighted by molar-refractivity contribution is 7.96. The lowest BCUT2D eigenvalue weighted by Gasteiger charge is -2.14. The van der Waals surface area contributed by atoms with E-state index in [9.17, 15) is 4.79 Å². The van der Waals surface area contributed by atoms with Gasteiger partial charge in [-0.15, -0.1) is 0 Å². The summed E-state index contributed by atoms with van der Waals surface area (Å²) >= 11 is 8.47. The van der Waals surface area contributed by atoms with E-state index in [1.54, 1.807) is 0 Å². The van der Waals surface area contributed by atoms with Crippen molar-refractivity contribution < 1.29 is 9.53 Å². The molecule has 0 heterocycles. The van der Waals surface area contributed by atoms with Crippen molar-refractivity contribution in [2.75, 3.05) is 13.2 Å². The first kappa shape index (κ1) is 13.5. The van der Waals surface area contributed by atoms with Crippen molar-refractivity contribution in [3.8, 4) is 0 Å². The van der Waals surface area contributed by atoms with Gasteiger partial charge >= 0.3 is 0 Å². The van der Waals surface area contributed by atoms with Crippen molar-refractivity contribution in [1.29, 1.82) is 0 Å². The molecule has 1 atom stereocenters. The zero-order valence-corrected chi connectivity index (χ0v) is 10.1. The lowest BCUT2D eigenvalue weighted by atomic mass is 10.4. The maximum Gasteiger partial charge on any atom is 0.276 e. The molecule has 1 amide bonds. The van der Waals surface area contributed by atoms with Crippen molar-refractivity contribution in [3.05, 3.63) is 0 Å². The number of nitrogens with one attached hydrogen (secondary N) is 2. The van der Waals surface area contributed by atoms with Crippen LogP contribution in [0.5, 0.6) is 0 Å². The molecule has 82 valence electrons. The molecule has 6 heteroatoms. The van der Waals surface area contributed by atoms with Crippen LogP contribution >= 0.6 is 24.8 Å². The summed E-state index contributed by atoms with van der Waals surface area (Å²) in [6, 6.07) is -0.0959. The van der Waals surface area contributed by atoms with Gasteiger partial charge in [0.2, 0.25) is 0 Å². The molecule has 0 aromatic carbocycles. The summed E-state index contributed by atoms with van der Waals surface area (Å²) in [5.41, 5.74) is 0. The molecule has 0 bridgehead atoms. The molecule has 0 rings (SSSR count). The van der Waals surface area contributed by atoms with Crippen molar-refractivity contribution in [3.63, 3.8) is 0 Å². The van der Waals surface area contributed by atoms with Gasteiger partial charge in [0.05, 0.1) is 6.04 Å². The molecule has 0 spiro atoms. The normalized spacial score (nSPS) is 11.6. The molecule has 0 radical (unpaired) electrons. The fourth-order valence-electron chi connectivity index (χ4n) is 0.731. The highest BCUT2D eigenvalue weighted by atomic mass is 32.1. The summed E-state index contributed by atoms with van der Waals surface area (Å²) in [6.45, 7) is 5.00. The molecule has 0 aromatic heterocycles. The Morgan fingerprint density at radius 1 is 1.64 bits per heavy atom. The number of amides is 1. The summed E-state index contributed by atoms with van der Waals surface area (Å²) in [5.74, 6) is 0. The first-order valence-corrected chi connectivity index (χ1v) is 5.32. The first-order chi connectivity index (χ1) is 6.56. The quantitative estimate of drug-likeness (QED) is 0.498. The van der Waals surface area contributed by atoms with Crippen LogP contribution in [0.4, 0.5) is 4.79 Å². The zero-order chi connectivity index (χ0) is 11.0. The van der Waals surface area contributed by atoms with Crippen molar-refractivity contribution >= 4 is 35.3 Å². The molecule has 14 heavy (non-hydrogen) atoms. The van der Waals surface area contributed by atoms with Crippen molar-refractivity contribution in [1.82, 2.24) is 10.6 Å². The van der Waals surface area contributed by atoms with Crippen LogP contribution in [0.15, 0.2) is 0 Å². The Hall–Kier alpha value is -0.490. The number of rotatable bonds is 5. The summed E-state index contributed by atoms with van der Waals surface area (Å²) < 4.78 is 5.18. The third-order valence-corrected chi connectivity index (χ3v) is 1.74. The highest BCUT2D eigenvalue weighted by Crippen LogP contribution is 1.88. The van der Waals surface area contributed by atoms with Crippen molar-refractivity contribution in [2.45, 2.75) is 26.3 Å². The maximum absolute atomic E-state index is 10.5. The Labute approximate surface area is 95.2 Å². The van der Waals surface area contributed by atoms with Gasteiger partial charge in [0, 0.05) is 6.54 Å². The molecule has 0 aromatic rings. The lowest BCUT2D eigenvalue weighted by Crippen LogP contribution is -2.35. The number of hydrogen-bond acceptors (Lipinski definition) is 3. The van der Waals surface area contributed by atoms with E-state index in [1.165, 1.54) is 0 Å². The average molecular weight is 236 g/mol. The van der Waals surface area contributed by atoms with Crippen LogP contribution in [-0.4, -0.2) is 29.6 Å². The number of carbonyl (C=O) groups excluding carboxylic acids is 1. The van der Waals surface area contributed by atoms with Crippen LogP contribution in [0, 0.1) is 0 Å². The molecule has 0 aliphatic carbocycles. The predicted octanol–water partition coefficient (Wildman–Crippen LogP) is 1.32. The van der Waals surface area contributed by atoms with Gasteiger partial charge in [-0.3, -0.25) is 4.79 Å². The van der Waals surface area contributed by atoms with Crippen LogP contribution < -0.4 is 10.6 Å². The smallest absolute Gasteiger partial charge is 0.276 e. The molecular weight excluding hydrogens is 220 g/mol. The standard InChI is InChI=1S/C8H16N2O2S2/c1-3-4-9-8(14)12-5-6(2)10-7(11)13/h6H,3-5H2,1-2H3,(H,9,14)(H2,10,11,13). The van der Waals surface area contributed by atoms with E-state index < -0.39 is 0 Å². The number of hydrogen-bond donors (Lipinski definition) is 3. The molecular formula is C8H16N2O2S2. The summed E-state index contributed by atoms with van der Waals surface area (Å²) in [5, 5.41) is 5.49. The first-order valence-electron chi connectivity index (χ1n) is 4.46. The summed E-state index contributed by atoms with van der Waals surface area (Å²) in [6.07, 6.45) is 0.992. The van der Waals surface area contributed by atoms with E-state index in [0.717, 1.165) is 13.0 Å². The monoisotopic (exact) mass is 236 g/mol. The highest BCUT2D eigenvalue weighted by Gasteiger charge is 2.05.